The first kappa shape index (κ1) is 14.4. The number of hydrogen-bond acceptors (Lipinski definition) is 5. The monoisotopic (exact) mass is 297 g/mol. The van der Waals surface area contributed by atoms with E-state index in [0.29, 0.717) is 18.0 Å². The van der Waals surface area contributed by atoms with Gasteiger partial charge in [0.2, 0.25) is 5.09 Å². The summed E-state index contributed by atoms with van der Waals surface area (Å²) < 4.78 is 36.7. The third kappa shape index (κ3) is 3.31. The average molecular weight is 297 g/mol. The number of rotatable bonds is 6. The Hall–Kier alpha value is -1.99. The van der Waals surface area contributed by atoms with Gasteiger partial charge < -0.3 is 14.3 Å². The van der Waals surface area contributed by atoms with Gasteiger partial charge in [-0.1, -0.05) is 0 Å². The van der Waals surface area contributed by atoms with E-state index in [1.54, 1.807) is 24.3 Å². The van der Waals surface area contributed by atoms with Crippen molar-refractivity contribution < 1.29 is 22.7 Å². The highest BCUT2D eigenvalue weighted by Gasteiger charge is 2.18. The molecule has 2 N–H and O–H groups in total. The second kappa shape index (κ2) is 5.98. The van der Waals surface area contributed by atoms with Gasteiger partial charge in [-0.05, 0) is 43.3 Å². The van der Waals surface area contributed by atoms with Crippen LogP contribution < -0.4 is 9.46 Å². The van der Waals surface area contributed by atoms with Crippen LogP contribution in [0.5, 0.6) is 5.75 Å². The molecular weight excluding hydrogens is 282 g/mol. The lowest BCUT2D eigenvalue weighted by Gasteiger charge is -2.07. The minimum absolute atomic E-state index is 0.192. The minimum atomic E-state index is -3.80. The molecule has 0 amide bonds. The summed E-state index contributed by atoms with van der Waals surface area (Å²) in [7, 11) is -3.80. The molecule has 108 valence electrons. The van der Waals surface area contributed by atoms with Gasteiger partial charge in [0.05, 0.1) is 6.61 Å². The summed E-state index contributed by atoms with van der Waals surface area (Å²) in [5.74, 6) is 0.855. The van der Waals surface area contributed by atoms with Crippen molar-refractivity contribution in [3.8, 4) is 5.75 Å². The molecule has 0 aliphatic heterocycles. The molecule has 1 aromatic heterocycles. The van der Waals surface area contributed by atoms with Crippen molar-refractivity contribution in [1.29, 1.82) is 0 Å². The molecule has 0 unspecified atom stereocenters. The fourth-order valence-corrected chi connectivity index (χ4v) is 2.59. The molecule has 2 aromatic rings. The molecule has 0 aliphatic rings. The Balaban J connectivity index is 2.15. The molecular formula is C13H15NO5S. The average Bonchev–Trinajstić information content (AvgIpc) is 2.91. The second-order valence-corrected chi connectivity index (χ2v) is 5.56. The van der Waals surface area contributed by atoms with Gasteiger partial charge in [0.25, 0.3) is 10.0 Å². The van der Waals surface area contributed by atoms with Crippen LogP contribution in [0, 0.1) is 0 Å². The Morgan fingerprint density at radius 1 is 1.20 bits per heavy atom. The van der Waals surface area contributed by atoms with Gasteiger partial charge >= 0.3 is 0 Å². The Bertz CT molecular complexity index is 660. The molecule has 0 spiro atoms. The SMILES string of the molecule is CCOc1ccc(NS(=O)(=O)c2ccc(CO)o2)cc1. The summed E-state index contributed by atoms with van der Waals surface area (Å²) in [6, 6.07) is 9.23. The number of ether oxygens (including phenoxy) is 1. The van der Waals surface area contributed by atoms with Crippen molar-refractivity contribution >= 4 is 15.7 Å². The maximum absolute atomic E-state index is 12.0. The Morgan fingerprint density at radius 3 is 2.45 bits per heavy atom. The lowest BCUT2D eigenvalue weighted by atomic mass is 10.3. The molecule has 1 aromatic carbocycles. The summed E-state index contributed by atoms with van der Waals surface area (Å²) in [4.78, 5) is 0. The highest BCUT2D eigenvalue weighted by atomic mass is 32.2. The Morgan fingerprint density at radius 2 is 1.90 bits per heavy atom. The summed E-state index contributed by atoms with van der Waals surface area (Å²) in [5.41, 5.74) is 0.399. The minimum Gasteiger partial charge on any atom is -0.494 e. The van der Waals surface area contributed by atoms with E-state index < -0.39 is 10.0 Å². The normalized spacial score (nSPS) is 11.3. The maximum Gasteiger partial charge on any atom is 0.295 e. The topological polar surface area (TPSA) is 88.8 Å². The van der Waals surface area contributed by atoms with E-state index in [2.05, 4.69) is 4.72 Å². The first-order valence-corrected chi connectivity index (χ1v) is 7.48. The first-order chi connectivity index (χ1) is 9.55. The van der Waals surface area contributed by atoms with E-state index in [1.165, 1.54) is 12.1 Å². The summed E-state index contributed by atoms with van der Waals surface area (Å²) in [5, 5.41) is 8.62. The Kier molecular flexibility index (Phi) is 4.31. The van der Waals surface area contributed by atoms with Gasteiger partial charge in [0.15, 0.2) is 0 Å². The van der Waals surface area contributed by atoms with Gasteiger partial charge in [0, 0.05) is 5.69 Å². The largest absolute Gasteiger partial charge is 0.494 e. The molecule has 6 nitrogen and oxygen atoms in total. The Labute approximate surface area is 117 Å². The van der Waals surface area contributed by atoms with Crippen LogP contribution >= 0.6 is 0 Å². The van der Waals surface area contributed by atoms with Crippen molar-refractivity contribution in [2.24, 2.45) is 0 Å². The predicted octanol–water partition coefficient (Wildman–Crippen LogP) is 1.97. The van der Waals surface area contributed by atoms with Gasteiger partial charge in [-0.2, -0.15) is 8.42 Å². The highest BCUT2D eigenvalue weighted by Crippen LogP contribution is 2.20. The fourth-order valence-electron chi connectivity index (χ4n) is 1.58. The lowest BCUT2D eigenvalue weighted by molar-refractivity contribution is 0.236. The summed E-state index contributed by atoms with van der Waals surface area (Å²) >= 11 is 0. The number of aliphatic hydroxyl groups excluding tert-OH is 1. The number of anilines is 1. The number of sulfonamides is 1. The van der Waals surface area contributed by atoms with Crippen LogP contribution in [-0.2, 0) is 16.6 Å². The fraction of sp³-hybridized carbons (Fsp3) is 0.231. The molecule has 0 aliphatic carbocycles. The zero-order chi connectivity index (χ0) is 14.6. The number of benzene rings is 1. The quantitative estimate of drug-likeness (QED) is 0.851. The zero-order valence-electron chi connectivity index (χ0n) is 10.9. The van der Waals surface area contributed by atoms with E-state index in [9.17, 15) is 8.42 Å². The van der Waals surface area contributed by atoms with Crippen LogP contribution in [0.3, 0.4) is 0 Å². The van der Waals surface area contributed by atoms with Crippen molar-refractivity contribution in [1.82, 2.24) is 0 Å². The van der Waals surface area contributed by atoms with Crippen LogP contribution in [0.2, 0.25) is 0 Å². The number of hydrogen-bond donors (Lipinski definition) is 2. The van der Waals surface area contributed by atoms with E-state index in [-0.39, 0.29) is 17.5 Å². The molecule has 0 atom stereocenters. The molecule has 1 heterocycles. The van der Waals surface area contributed by atoms with Crippen molar-refractivity contribution in [2.75, 3.05) is 11.3 Å². The predicted molar refractivity (Wildman–Crippen MR) is 73.1 cm³/mol. The maximum atomic E-state index is 12.0. The van der Waals surface area contributed by atoms with Crippen LogP contribution in [0.4, 0.5) is 5.69 Å². The lowest BCUT2D eigenvalue weighted by Crippen LogP contribution is -2.12. The van der Waals surface area contributed by atoms with Crippen LogP contribution in [0.1, 0.15) is 12.7 Å². The number of furan rings is 1. The van der Waals surface area contributed by atoms with Crippen molar-refractivity contribution in [2.45, 2.75) is 18.6 Å². The number of nitrogens with one attached hydrogen (secondary N) is 1. The van der Waals surface area contributed by atoms with Gasteiger partial charge in [-0.3, -0.25) is 4.72 Å². The zero-order valence-corrected chi connectivity index (χ0v) is 11.7. The third-order valence-electron chi connectivity index (χ3n) is 2.48. The third-order valence-corrected chi connectivity index (χ3v) is 3.73. The first-order valence-electron chi connectivity index (χ1n) is 6.00. The second-order valence-electron chi connectivity index (χ2n) is 3.94. The molecule has 0 radical (unpaired) electrons. The van der Waals surface area contributed by atoms with E-state index in [4.69, 9.17) is 14.3 Å². The summed E-state index contributed by atoms with van der Waals surface area (Å²) in [6.07, 6.45) is 0. The standard InChI is InChI=1S/C13H15NO5S/c1-2-18-11-5-3-10(4-6-11)14-20(16,17)13-8-7-12(9-15)19-13/h3-8,14-15H,2,9H2,1H3. The van der Waals surface area contributed by atoms with Crippen molar-refractivity contribution in [3.63, 3.8) is 0 Å². The van der Waals surface area contributed by atoms with E-state index in [0.717, 1.165) is 0 Å². The van der Waals surface area contributed by atoms with Crippen LogP contribution in [0.25, 0.3) is 0 Å². The molecule has 7 heteroatoms. The molecule has 0 fully saturated rings. The van der Waals surface area contributed by atoms with Gasteiger partial charge in [0.1, 0.15) is 18.1 Å². The highest BCUT2D eigenvalue weighted by molar-refractivity contribution is 7.92. The molecule has 2 rings (SSSR count). The van der Waals surface area contributed by atoms with Gasteiger partial charge in [-0.25, -0.2) is 0 Å². The van der Waals surface area contributed by atoms with Crippen molar-refractivity contribution in [3.05, 3.63) is 42.2 Å². The number of aliphatic hydroxyl groups is 1. The van der Waals surface area contributed by atoms with E-state index in [1.807, 2.05) is 6.92 Å². The molecule has 20 heavy (non-hydrogen) atoms. The molecule has 0 saturated heterocycles. The summed E-state index contributed by atoms with van der Waals surface area (Å²) in [6.45, 7) is 2.06. The molecule has 0 bridgehead atoms. The van der Waals surface area contributed by atoms with E-state index >= 15 is 0 Å². The molecule has 0 saturated carbocycles. The van der Waals surface area contributed by atoms with Gasteiger partial charge in [-0.15, -0.1) is 0 Å². The smallest absolute Gasteiger partial charge is 0.295 e. The van der Waals surface area contributed by atoms with Crippen LogP contribution in [-0.4, -0.2) is 20.1 Å². The van der Waals surface area contributed by atoms with Crippen LogP contribution in [0.15, 0.2) is 45.9 Å².